The molecule has 1 heterocycles. The van der Waals surface area contributed by atoms with Crippen LogP contribution in [0.15, 0.2) is 36.4 Å². The lowest BCUT2D eigenvalue weighted by molar-refractivity contribution is -0.117. The second-order valence-corrected chi connectivity index (χ2v) is 7.63. The Hall–Kier alpha value is -3.20. The Morgan fingerprint density at radius 3 is 2.43 bits per heavy atom. The highest BCUT2D eigenvalue weighted by molar-refractivity contribution is 5.88. The highest BCUT2D eigenvalue weighted by atomic mass is 16.5. The van der Waals surface area contributed by atoms with Crippen LogP contribution in [0.4, 0.5) is 0 Å². The lowest BCUT2D eigenvalue weighted by Crippen LogP contribution is -1.97. The SMILES string of the molecule is CC(=O)CCCCCCCCCOc1ccc2cc(-c3n[nH]nc3C#N)ccc2c1. The Morgan fingerprint density at radius 2 is 1.67 bits per heavy atom. The molecule has 0 saturated carbocycles. The van der Waals surface area contributed by atoms with Crippen LogP contribution in [-0.2, 0) is 4.79 Å². The van der Waals surface area contributed by atoms with Crippen molar-refractivity contribution in [3.05, 3.63) is 42.1 Å². The molecule has 0 saturated heterocycles. The number of hydrogen-bond donors (Lipinski definition) is 1. The third kappa shape index (κ3) is 6.15. The van der Waals surface area contributed by atoms with E-state index in [1.54, 1.807) is 6.92 Å². The number of rotatable bonds is 12. The van der Waals surface area contributed by atoms with Gasteiger partial charge in [-0.3, -0.25) is 0 Å². The molecular weight excluding hydrogens is 376 g/mol. The molecule has 30 heavy (non-hydrogen) atoms. The molecule has 1 aromatic heterocycles. The standard InChI is InChI=1S/C24H28N4O2/c1-18(29)9-7-5-3-2-4-6-8-14-30-22-13-12-19-15-21(11-10-20(19)16-22)24-23(17-25)26-28-27-24/h10-13,15-16H,2-9,14H2,1H3,(H,26,27,28). The van der Waals surface area contributed by atoms with Crippen LogP contribution in [0.1, 0.15) is 64.0 Å². The second-order valence-electron chi connectivity index (χ2n) is 7.63. The molecule has 2 aromatic carbocycles. The Bertz CT molecular complexity index is 1020. The molecule has 0 unspecified atom stereocenters. The molecule has 0 aliphatic heterocycles. The summed E-state index contributed by atoms with van der Waals surface area (Å²) in [5, 5.41) is 21.7. The summed E-state index contributed by atoms with van der Waals surface area (Å²) < 4.78 is 5.92. The van der Waals surface area contributed by atoms with E-state index in [0.29, 0.717) is 17.2 Å². The molecule has 0 aliphatic carbocycles. The van der Waals surface area contributed by atoms with Crippen LogP contribution in [0, 0.1) is 11.3 Å². The molecule has 0 amide bonds. The van der Waals surface area contributed by atoms with Gasteiger partial charge in [0.2, 0.25) is 0 Å². The number of carbonyl (C=O) groups is 1. The smallest absolute Gasteiger partial charge is 0.190 e. The number of hydrogen-bond acceptors (Lipinski definition) is 5. The summed E-state index contributed by atoms with van der Waals surface area (Å²) in [6.45, 7) is 2.38. The number of nitrogens with zero attached hydrogens (tertiary/aromatic N) is 3. The van der Waals surface area contributed by atoms with Gasteiger partial charge in [0.15, 0.2) is 5.69 Å². The van der Waals surface area contributed by atoms with Crippen LogP contribution < -0.4 is 4.74 Å². The van der Waals surface area contributed by atoms with Crippen LogP contribution in [0.5, 0.6) is 5.75 Å². The van der Waals surface area contributed by atoms with E-state index in [9.17, 15) is 4.79 Å². The minimum Gasteiger partial charge on any atom is -0.494 e. The third-order valence-corrected chi connectivity index (χ3v) is 5.18. The Kier molecular flexibility index (Phi) is 7.96. The van der Waals surface area contributed by atoms with Crippen molar-refractivity contribution in [2.24, 2.45) is 0 Å². The molecule has 0 aliphatic rings. The molecule has 6 heteroatoms. The number of Topliss-reactive ketones (excluding diaryl/α,β-unsaturated/α-hetero) is 1. The topological polar surface area (TPSA) is 91.7 Å². The summed E-state index contributed by atoms with van der Waals surface area (Å²) in [5.41, 5.74) is 1.73. The first kappa shape index (κ1) is 21.5. The number of nitriles is 1. The summed E-state index contributed by atoms with van der Waals surface area (Å²) >= 11 is 0. The van der Waals surface area contributed by atoms with Crippen molar-refractivity contribution < 1.29 is 9.53 Å². The van der Waals surface area contributed by atoms with Gasteiger partial charge < -0.3 is 9.53 Å². The van der Waals surface area contributed by atoms with Gasteiger partial charge in [-0.2, -0.15) is 15.6 Å². The van der Waals surface area contributed by atoms with E-state index in [0.717, 1.165) is 54.4 Å². The summed E-state index contributed by atoms with van der Waals surface area (Å²) in [6, 6.07) is 14.1. The number of aromatic amines is 1. The first-order chi connectivity index (χ1) is 14.7. The van der Waals surface area contributed by atoms with Crippen molar-refractivity contribution in [2.45, 2.75) is 58.3 Å². The predicted octanol–water partition coefficient (Wildman–Crippen LogP) is 5.59. The number of unbranched alkanes of at least 4 members (excludes halogenated alkanes) is 6. The lowest BCUT2D eigenvalue weighted by atomic mass is 10.0. The van der Waals surface area contributed by atoms with E-state index in [1.165, 1.54) is 25.7 Å². The molecule has 0 atom stereocenters. The number of H-pyrrole nitrogens is 1. The van der Waals surface area contributed by atoms with E-state index in [-0.39, 0.29) is 0 Å². The number of ketones is 1. The predicted molar refractivity (Wildman–Crippen MR) is 117 cm³/mol. The van der Waals surface area contributed by atoms with Crippen molar-refractivity contribution in [3.63, 3.8) is 0 Å². The molecule has 0 bridgehead atoms. The van der Waals surface area contributed by atoms with E-state index < -0.39 is 0 Å². The van der Waals surface area contributed by atoms with Gasteiger partial charge in [-0.1, -0.05) is 50.3 Å². The van der Waals surface area contributed by atoms with Crippen molar-refractivity contribution in [1.82, 2.24) is 15.4 Å². The quantitative estimate of drug-likeness (QED) is 0.398. The Morgan fingerprint density at radius 1 is 0.967 bits per heavy atom. The number of carbonyl (C=O) groups excluding carboxylic acids is 1. The molecular formula is C24H28N4O2. The number of fused-ring (bicyclic) bond motifs is 1. The third-order valence-electron chi connectivity index (χ3n) is 5.18. The molecule has 156 valence electrons. The first-order valence-electron chi connectivity index (χ1n) is 10.6. The van der Waals surface area contributed by atoms with Gasteiger partial charge in [0.05, 0.1) is 6.61 Å². The normalized spacial score (nSPS) is 10.8. The fourth-order valence-electron chi connectivity index (χ4n) is 3.52. The first-order valence-corrected chi connectivity index (χ1v) is 10.6. The largest absolute Gasteiger partial charge is 0.494 e. The molecule has 3 aromatic rings. The van der Waals surface area contributed by atoms with Gasteiger partial charge in [-0.05, 0) is 48.7 Å². The second kappa shape index (κ2) is 11.1. The summed E-state index contributed by atoms with van der Waals surface area (Å²) in [7, 11) is 0. The fourth-order valence-corrected chi connectivity index (χ4v) is 3.52. The highest BCUT2D eigenvalue weighted by Crippen LogP contribution is 2.27. The maximum Gasteiger partial charge on any atom is 0.190 e. The molecule has 3 rings (SSSR count). The number of ether oxygens (including phenoxy) is 1. The molecule has 1 N–H and O–H groups in total. The molecule has 0 spiro atoms. The van der Waals surface area contributed by atoms with E-state index in [1.807, 2.05) is 42.5 Å². The summed E-state index contributed by atoms with van der Waals surface area (Å²) in [4.78, 5) is 10.9. The summed E-state index contributed by atoms with van der Waals surface area (Å²) in [6.07, 6.45) is 8.79. The Balaban J connectivity index is 1.41. The highest BCUT2D eigenvalue weighted by Gasteiger charge is 2.10. The van der Waals surface area contributed by atoms with E-state index in [2.05, 4.69) is 15.4 Å². The van der Waals surface area contributed by atoms with Gasteiger partial charge in [-0.25, -0.2) is 0 Å². The maximum atomic E-state index is 10.9. The zero-order chi connectivity index (χ0) is 21.2. The monoisotopic (exact) mass is 404 g/mol. The van der Waals surface area contributed by atoms with Crippen molar-refractivity contribution in [2.75, 3.05) is 6.61 Å². The van der Waals surface area contributed by atoms with Gasteiger partial charge in [0, 0.05) is 12.0 Å². The van der Waals surface area contributed by atoms with Gasteiger partial charge in [0.1, 0.15) is 23.3 Å². The van der Waals surface area contributed by atoms with Gasteiger partial charge in [-0.15, -0.1) is 5.10 Å². The molecule has 6 nitrogen and oxygen atoms in total. The van der Waals surface area contributed by atoms with Crippen LogP contribution in [0.3, 0.4) is 0 Å². The van der Waals surface area contributed by atoms with Crippen LogP contribution in [-0.4, -0.2) is 27.8 Å². The van der Waals surface area contributed by atoms with Crippen molar-refractivity contribution >= 4 is 16.6 Å². The minimum absolute atomic E-state index is 0.296. The van der Waals surface area contributed by atoms with Crippen molar-refractivity contribution in [1.29, 1.82) is 5.26 Å². The summed E-state index contributed by atoms with van der Waals surface area (Å²) in [5.74, 6) is 1.17. The minimum atomic E-state index is 0.296. The fraction of sp³-hybridized carbons (Fsp3) is 0.417. The molecule has 0 radical (unpaired) electrons. The van der Waals surface area contributed by atoms with Crippen LogP contribution in [0.25, 0.3) is 22.0 Å². The van der Waals surface area contributed by atoms with Crippen LogP contribution in [0.2, 0.25) is 0 Å². The number of nitrogens with one attached hydrogen (secondary N) is 1. The van der Waals surface area contributed by atoms with Crippen LogP contribution >= 0.6 is 0 Å². The average molecular weight is 405 g/mol. The van der Waals surface area contributed by atoms with Gasteiger partial charge >= 0.3 is 0 Å². The number of benzene rings is 2. The zero-order valence-electron chi connectivity index (χ0n) is 17.5. The Labute approximate surface area is 177 Å². The number of aromatic nitrogens is 3. The molecule has 0 fully saturated rings. The van der Waals surface area contributed by atoms with Crippen molar-refractivity contribution in [3.8, 4) is 23.1 Å². The average Bonchev–Trinajstić information content (AvgIpc) is 3.23. The van der Waals surface area contributed by atoms with E-state index in [4.69, 9.17) is 10.00 Å². The van der Waals surface area contributed by atoms with Gasteiger partial charge in [0.25, 0.3) is 0 Å². The zero-order valence-corrected chi connectivity index (χ0v) is 17.5. The maximum absolute atomic E-state index is 10.9. The van der Waals surface area contributed by atoms with E-state index >= 15 is 0 Å². The lowest BCUT2D eigenvalue weighted by Gasteiger charge is -2.08.